The van der Waals surface area contributed by atoms with Crippen molar-refractivity contribution >= 4 is 11.6 Å². The predicted molar refractivity (Wildman–Crippen MR) is 108 cm³/mol. The van der Waals surface area contributed by atoms with Gasteiger partial charge in [0, 0.05) is 31.7 Å². The van der Waals surface area contributed by atoms with Crippen LogP contribution in [0.3, 0.4) is 0 Å². The minimum atomic E-state index is 0.0690. The second-order valence-corrected chi connectivity index (χ2v) is 7.91. The van der Waals surface area contributed by atoms with E-state index >= 15 is 0 Å². The lowest BCUT2D eigenvalue weighted by Gasteiger charge is -2.40. The lowest BCUT2D eigenvalue weighted by Crippen LogP contribution is -2.54. The molecule has 5 rings (SSSR count). The first-order chi connectivity index (χ1) is 13.8. The molecule has 2 saturated heterocycles. The van der Waals surface area contributed by atoms with Gasteiger partial charge in [-0.15, -0.1) is 0 Å². The molecule has 1 amide bonds. The highest BCUT2D eigenvalue weighted by Crippen LogP contribution is 2.30. The van der Waals surface area contributed by atoms with Gasteiger partial charge in [-0.3, -0.25) is 9.69 Å². The first-order valence-electron chi connectivity index (χ1n) is 10.2. The van der Waals surface area contributed by atoms with Crippen LogP contribution in [0.25, 0.3) is 0 Å². The number of morpholine rings is 1. The van der Waals surface area contributed by atoms with Crippen molar-refractivity contribution in [1.82, 2.24) is 4.90 Å². The zero-order valence-corrected chi connectivity index (χ0v) is 16.0. The number of hydrogen-bond donors (Lipinski definition) is 0. The predicted octanol–water partition coefficient (Wildman–Crippen LogP) is 3.02. The summed E-state index contributed by atoms with van der Waals surface area (Å²) >= 11 is 0. The van der Waals surface area contributed by atoms with Crippen LogP contribution in [0, 0.1) is 0 Å². The lowest BCUT2D eigenvalue weighted by molar-refractivity contribution is -0.132. The van der Waals surface area contributed by atoms with Gasteiger partial charge in [0.25, 0.3) is 5.91 Å². The Bertz CT molecular complexity index is 854. The second-order valence-electron chi connectivity index (χ2n) is 7.91. The van der Waals surface area contributed by atoms with E-state index < -0.39 is 0 Å². The summed E-state index contributed by atoms with van der Waals surface area (Å²) in [7, 11) is 0. The number of benzene rings is 2. The Labute approximate surface area is 165 Å². The number of anilines is 1. The van der Waals surface area contributed by atoms with Crippen LogP contribution in [0.2, 0.25) is 0 Å². The van der Waals surface area contributed by atoms with Crippen LogP contribution in [0.1, 0.15) is 24.0 Å². The Morgan fingerprint density at radius 3 is 2.79 bits per heavy atom. The van der Waals surface area contributed by atoms with Crippen molar-refractivity contribution in [3.05, 3.63) is 59.7 Å². The summed E-state index contributed by atoms with van der Waals surface area (Å²) in [5, 5.41) is 0. The minimum absolute atomic E-state index is 0.0690. The molecule has 2 aromatic carbocycles. The zero-order valence-electron chi connectivity index (χ0n) is 16.0. The molecule has 3 aliphatic rings. The number of ether oxygens (including phenoxy) is 2. The maximum Gasteiger partial charge on any atom is 0.253 e. The summed E-state index contributed by atoms with van der Waals surface area (Å²) in [6.45, 7) is 3.87. The van der Waals surface area contributed by atoms with Gasteiger partial charge in [-0.25, -0.2) is 0 Å². The molecular formula is C23H26N2O3. The number of carbonyl (C=O) groups is 1. The van der Waals surface area contributed by atoms with Crippen LogP contribution in [-0.2, 0) is 22.5 Å². The van der Waals surface area contributed by atoms with E-state index in [-0.39, 0.29) is 24.7 Å². The summed E-state index contributed by atoms with van der Waals surface area (Å²) in [5.74, 6) is 1.11. The fourth-order valence-electron chi connectivity index (χ4n) is 4.72. The van der Waals surface area contributed by atoms with Gasteiger partial charge in [0.05, 0.1) is 18.8 Å². The van der Waals surface area contributed by atoms with Crippen LogP contribution in [0.4, 0.5) is 5.69 Å². The van der Waals surface area contributed by atoms with Crippen molar-refractivity contribution in [2.24, 2.45) is 0 Å². The molecule has 0 aromatic heterocycles. The number of hydrogen-bond acceptors (Lipinski definition) is 4. The molecule has 0 saturated carbocycles. The molecule has 5 nitrogen and oxygen atoms in total. The first-order valence-corrected chi connectivity index (χ1v) is 10.2. The molecule has 2 fully saturated rings. The van der Waals surface area contributed by atoms with Crippen molar-refractivity contribution < 1.29 is 14.3 Å². The SMILES string of the molecule is O=C1CO[C@H]2CCN(Cc3ccc4c(c3)CCO4)CC[C@@H]2N1c1ccccc1. The number of nitrogens with zero attached hydrogens (tertiary/aromatic N) is 2. The standard InChI is InChI=1S/C23H26N2O3/c26-23-16-28-22-9-12-24(15-17-6-7-21-18(14-17)10-13-27-21)11-8-20(22)25(23)19-4-2-1-3-5-19/h1-7,14,20,22H,8-13,15-16H2/t20-,22-/m0/s1. The highest BCUT2D eigenvalue weighted by molar-refractivity contribution is 5.95. The van der Waals surface area contributed by atoms with E-state index in [2.05, 4.69) is 23.1 Å². The number of para-hydroxylation sites is 1. The monoisotopic (exact) mass is 378 g/mol. The lowest BCUT2D eigenvalue weighted by atomic mass is 10.0. The van der Waals surface area contributed by atoms with Crippen molar-refractivity contribution in [2.75, 3.05) is 31.2 Å². The van der Waals surface area contributed by atoms with Crippen LogP contribution >= 0.6 is 0 Å². The molecule has 28 heavy (non-hydrogen) atoms. The summed E-state index contributed by atoms with van der Waals surface area (Å²) < 4.78 is 11.6. The molecule has 0 bridgehead atoms. The largest absolute Gasteiger partial charge is 0.493 e. The van der Waals surface area contributed by atoms with Gasteiger partial charge in [-0.05, 0) is 42.2 Å². The average molecular weight is 378 g/mol. The van der Waals surface area contributed by atoms with E-state index in [1.165, 1.54) is 11.1 Å². The molecule has 3 aliphatic heterocycles. The molecule has 2 atom stereocenters. The van der Waals surface area contributed by atoms with E-state index in [0.29, 0.717) is 0 Å². The van der Waals surface area contributed by atoms with Crippen molar-refractivity contribution in [3.8, 4) is 5.75 Å². The highest BCUT2D eigenvalue weighted by atomic mass is 16.5. The number of carbonyl (C=O) groups excluding carboxylic acids is 1. The third kappa shape index (κ3) is 3.40. The van der Waals surface area contributed by atoms with Gasteiger partial charge in [0.2, 0.25) is 0 Å². The first kappa shape index (κ1) is 17.7. The van der Waals surface area contributed by atoms with Crippen LogP contribution in [0.5, 0.6) is 5.75 Å². The van der Waals surface area contributed by atoms with Crippen LogP contribution in [-0.4, -0.2) is 49.3 Å². The summed E-state index contributed by atoms with van der Waals surface area (Å²) in [5.41, 5.74) is 3.65. The van der Waals surface area contributed by atoms with E-state index in [9.17, 15) is 4.79 Å². The minimum Gasteiger partial charge on any atom is -0.493 e. The molecule has 0 unspecified atom stereocenters. The number of amides is 1. The fourth-order valence-corrected chi connectivity index (χ4v) is 4.72. The van der Waals surface area contributed by atoms with Gasteiger partial charge in [-0.1, -0.05) is 30.3 Å². The van der Waals surface area contributed by atoms with Gasteiger partial charge in [-0.2, -0.15) is 0 Å². The molecule has 0 aliphatic carbocycles. The highest BCUT2D eigenvalue weighted by Gasteiger charge is 2.39. The van der Waals surface area contributed by atoms with Crippen LogP contribution < -0.4 is 9.64 Å². The number of likely N-dealkylation sites (tertiary alicyclic amines) is 1. The Morgan fingerprint density at radius 2 is 1.89 bits per heavy atom. The number of rotatable bonds is 3. The Morgan fingerprint density at radius 1 is 1.04 bits per heavy atom. The fraction of sp³-hybridized carbons (Fsp3) is 0.435. The molecular weight excluding hydrogens is 352 g/mol. The molecule has 146 valence electrons. The number of fused-ring (bicyclic) bond motifs is 2. The topological polar surface area (TPSA) is 42.0 Å². The molecule has 2 aromatic rings. The second kappa shape index (κ2) is 7.57. The summed E-state index contributed by atoms with van der Waals surface area (Å²) in [4.78, 5) is 17.1. The van der Waals surface area contributed by atoms with Gasteiger partial charge in [0.15, 0.2) is 0 Å². The van der Waals surface area contributed by atoms with Crippen LogP contribution in [0.15, 0.2) is 48.5 Å². The smallest absolute Gasteiger partial charge is 0.253 e. The van der Waals surface area contributed by atoms with Crippen molar-refractivity contribution in [1.29, 1.82) is 0 Å². The molecule has 3 heterocycles. The summed E-state index contributed by atoms with van der Waals surface area (Å²) in [6, 6.07) is 16.7. The zero-order chi connectivity index (χ0) is 18.9. The molecule has 5 heteroatoms. The van der Waals surface area contributed by atoms with Gasteiger partial charge < -0.3 is 14.4 Å². The molecule has 0 N–H and O–H groups in total. The van der Waals surface area contributed by atoms with E-state index in [1.54, 1.807) is 0 Å². The Balaban J connectivity index is 1.31. The van der Waals surface area contributed by atoms with Gasteiger partial charge >= 0.3 is 0 Å². The Hall–Kier alpha value is -2.37. The molecule has 0 spiro atoms. The molecule has 0 radical (unpaired) electrons. The van der Waals surface area contributed by atoms with Crippen molar-refractivity contribution in [3.63, 3.8) is 0 Å². The third-order valence-corrected chi connectivity index (χ3v) is 6.12. The van der Waals surface area contributed by atoms with E-state index in [0.717, 1.165) is 56.9 Å². The Kier molecular flexibility index (Phi) is 4.79. The maximum absolute atomic E-state index is 12.6. The third-order valence-electron chi connectivity index (χ3n) is 6.12. The maximum atomic E-state index is 12.6. The average Bonchev–Trinajstić information content (AvgIpc) is 3.10. The van der Waals surface area contributed by atoms with Crippen molar-refractivity contribution in [2.45, 2.75) is 38.0 Å². The summed E-state index contributed by atoms with van der Waals surface area (Å²) in [6.07, 6.45) is 3.00. The van der Waals surface area contributed by atoms with E-state index in [1.807, 2.05) is 35.2 Å². The normalized spacial score (nSPS) is 25.0. The quantitative estimate of drug-likeness (QED) is 0.823. The van der Waals surface area contributed by atoms with Gasteiger partial charge in [0.1, 0.15) is 12.4 Å². The van der Waals surface area contributed by atoms with E-state index in [4.69, 9.17) is 9.47 Å².